The quantitative estimate of drug-likeness (QED) is 0.348. The van der Waals surface area contributed by atoms with Gasteiger partial charge in [-0.05, 0) is 31.2 Å². The van der Waals surface area contributed by atoms with Crippen molar-refractivity contribution in [1.82, 2.24) is 5.32 Å². The third kappa shape index (κ3) is 8.88. The Morgan fingerprint density at radius 3 is 1.90 bits per heavy atom. The number of nitrogens with two attached hydrogens (primary N) is 1. The molecule has 4 N–H and O–H groups in total. The molecule has 0 fully saturated rings. The first-order valence-corrected chi connectivity index (χ1v) is 10.3. The van der Waals surface area contributed by atoms with Gasteiger partial charge in [0.25, 0.3) is 0 Å². The van der Waals surface area contributed by atoms with Crippen molar-refractivity contribution in [3.05, 3.63) is 49.6 Å². The van der Waals surface area contributed by atoms with Gasteiger partial charge in [0.15, 0.2) is 0 Å². The third-order valence-corrected chi connectivity index (χ3v) is 4.91. The summed E-state index contributed by atoms with van der Waals surface area (Å²) < 4.78 is 32.5. The third-order valence-electron chi connectivity index (χ3n) is 3.99. The van der Waals surface area contributed by atoms with Crippen LogP contribution in [0.2, 0.25) is 0 Å². The molecule has 10 nitrogen and oxygen atoms in total. The molecule has 0 heterocycles. The Balaban J connectivity index is 2.78. The first kappa shape index (κ1) is 24.9. The average molecular weight is 439 g/mol. The fourth-order valence-corrected chi connectivity index (χ4v) is 2.80. The smallest absolute Gasteiger partial charge is 0.330 e. The Morgan fingerprint density at radius 2 is 1.50 bits per heavy atom. The van der Waals surface area contributed by atoms with Gasteiger partial charge in [-0.15, -0.1) is 0 Å². The van der Waals surface area contributed by atoms with Gasteiger partial charge in [0.1, 0.15) is 0 Å². The van der Waals surface area contributed by atoms with Crippen LogP contribution in [0.5, 0.6) is 0 Å². The highest BCUT2D eigenvalue weighted by Gasteiger charge is 2.27. The van der Waals surface area contributed by atoms with Gasteiger partial charge in [-0.25, -0.2) is 27.9 Å². The largest absolute Gasteiger partial charge is 0.462 e. The summed E-state index contributed by atoms with van der Waals surface area (Å²) in [5.74, 6) is -1.20. The Hall–Kier alpha value is -3.18. The number of primary sulfonamides is 1. The fourth-order valence-electron chi connectivity index (χ4n) is 2.29. The normalized spacial score (nSPS) is 11.1. The van der Waals surface area contributed by atoms with Crippen molar-refractivity contribution in [3.8, 4) is 0 Å². The SMILES string of the molecule is C=CC(=O)OCCC(C)(CCOC(=O)C=C)NC(=O)Nc1ccc(S(N)(=O)=O)cc1. The number of carbonyl (C=O) groups excluding carboxylic acids is 3. The number of esters is 2. The number of hydrogen-bond acceptors (Lipinski definition) is 7. The van der Waals surface area contributed by atoms with E-state index < -0.39 is 33.5 Å². The summed E-state index contributed by atoms with van der Waals surface area (Å²) in [6.45, 7) is 8.30. The lowest BCUT2D eigenvalue weighted by Gasteiger charge is -2.30. The number of benzene rings is 1. The molecule has 0 saturated heterocycles. The molecule has 0 atom stereocenters. The van der Waals surface area contributed by atoms with Crippen molar-refractivity contribution < 1.29 is 32.3 Å². The molecule has 0 spiro atoms. The van der Waals surface area contributed by atoms with E-state index in [4.69, 9.17) is 14.6 Å². The van der Waals surface area contributed by atoms with Crippen LogP contribution >= 0.6 is 0 Å². The van der Waals surface area contributed by atoms with Gasteiger partial charge >= 0.3 is 18.0 Å². The van der Waals surface area contributed by atoms with Crippen LogP contribution in [0.3, 0.4) is 0 Å². The predicted octanol–water partition coefficient (Wildman–Crippen LogP) is 1.45. The minimum absolute atomic E-state index is 0.0000938. The van der Waals surface area contributed by atoms with E-state index in [1.165, 1.54) is 24.3 Å². The summed E-state index contributed by atoms with van der Waals surface area (Å²) in [6, 6.07) is 4.69. The molecule has 0 saturated carbocycles. The standard InChI is InChI=1S/C19H25N3O7S/c1-4-16(23)28-12-10-19(3,11-13-29-17(24)5-2)22-18(25)21-14-6-8-15(9-7-14)30(20,26)27/h4-9H,1-2,10-13H2,3H3,(H2,20,26,27)(H2,21,22,25). The van der Waals surface area contributed by atoms with Crippen LogP contribution in [-0.4, -0.2) is 45.1 Å². The highest BCUT2D eigenvalue weighted by atomic mass is 32.2. The van der Waals surface area contributed by atoms with Crippen LogP contribution in [0, 0.1) is 0 Å². The predicted molar refractivity (Wildman–Crippen MR) is 110 cm³/mol. The molecule has 1 rings (SSSR count). The molecule has 0 bridgehead atoms. The van der Waals surface area contributed by atoms with E-state index in [2.05, 4.69) is 23.8 Å². The fraction of sp³-hybridized carbons (Fsp3) is 0.316. The van der Waals surface area contributed by atoms with Gasteiger partial charge in [-0.1, -0.05) is 13.2 Å². The van der Waals surface area contributed by atoms with Crippen LogP contribution in [0.25, 0.3) is 0 Å². The maximum Gasteiger partial charge on any atom is 0.330 e. The summed E-state index contributed by atoms with van der Waals surface area (Å²) in [5, 5.41) is 10.3. The highest BCUT2D eigenvalue weighted by molar-refractivity contribution is 7.89. The number of sulfonamides is 1. The summed E-state index contributed by atoms with van der Waals surface area (Å²) in [5.41, 5.74) is -0.563. The molecular formula is C19H25N3O7S. The molecule has 30 heavy (non-hydrogen) atoms. The second-order valence-electron chi connectivity index (χ2n) is 6.45. The zero-order valence-corrected chi connectivity index (χ0v) is 17.4. The number of urea groups is 1. The van der Waals surface area contributed by atoms with Crippen molar-refractivity contribution in [3.63, 3.8) is 0 Å². The first-order chi connectivity index (χ1) is 14.0. The Labute approximate surface area is 175 Å². The number of nitrogens with one attached hydrogen (secondary N) is 2. The van der Waals surface area contributed by atoms with Gasteiger partial charge in [-0.2, -0.15) is 0 Å². The molecule has 0 aliphatic carbocycles. The van der Waals surface area contributed by atoms with Gasteiger partial charge in [0, 0.05) is 36.2 Å². The topological polar surface area (TPSA) is 154 Å². The second kappa shape index (κ2) is 11.1. The lowest BCUT2D eigenvalue weighted by Crippen LogP contribution is -2.49. The van der Waals surface area contributed by atoms with Gasteiger partial charge in [0.2, 0.25) is 10.0 Å². The van der Waals surface area contributed by atoms with Gasteiger partial charge in [0.05, 0.1) is 18.1 Å². The van der Waals surface area contributed by atoms with E-state index in [9.17, 15) is 22.8 Å². The van der Waals surface area contributed by atoms with Crippen LogP contribution in [-0.2, 0) is 29.1 Å². The van der Waals surface area contributed by atoms with E-state index in [0.717, 1.165) is 12.2 Å². The average Bonchev–Trinajstić information content (AvgIpc) is 2.67. The molecule has 164 valence electrons. The van der Waals surface area contributed by atoms with Gasteiger partial charge in [-0.3, -0.25) is 0 Å². The van der Waals surface area contributed by atoms with Crippen LogP contribution in [0.4, 0.5) is 10.5 Å². The van der Waals surface area contributed by atoms with E-state index in [1.54, 1.807) is 6.92 Å². The summed E-state index contributed by atoms with van der Waals surface area (Å²) >= 11 is 0. The zero-order valence-electron chi connectivity index (χ0n) is 16.6. The van der Waals surface area contributed by atoms with Crippen LogP contribution in [0.1, 0.15) is 19.8 Å². The van der Waals surface area contributed by atoms with Crippen molar-refractivity contribution >= 4 is 33.7 Å². The van der Waals surface area contributed by atoms with Crippen LogP contribution in [0.15, 0.2) is 54.5 Å². The number of ether oxygens (including phenoxy) is 2. The molecule has 0 unspecified atom stereocenters. The number of amides is 2. The van der Waals surface area contributed by atoms with Crippen molar-refractivity contribution in [1.29, 1.82) is 0 Å². The number of rotatable bonds is 11. The lowest BCUT2D eigenvalue weighted by molar-refractivity contribution is -0.138. The van der Waals surface area contributed by atoms with Crippen LogP contribution < -0.4 is 15.8 Å². The Kier molecular flexibility index (Phi) is 9.21. The lowest BCUT2D eigenvalue weighted by atomic mass is 9.94. The molecule has 2 amide bonds. The molecule has 1 aromatic carbocycles. The molecule has 0 aliphatic heterocycles. The van der Waals surface area contributed by atoms with Crippen molar-refractivity contribution in [2.24, 2.45) is 5.14 Å². The van der Waals surface area contributed by atoms with E-state index in [0.29, 0.717) is 5.69 Å². The molecule has 11 heteroatoms. The first-order valence-electron chi connectivity index (χ1n) is 8.79. The van der Waals surface area contributed by atoms with E-state index >= 15 is 0 Å². The minimum atomic E-state index is -3.84. The van der Waals surface area contributed by atoms with E-state index in [1.807, 2.05) is 0 Å². The summed E-state index contributed by atoms with van der Waals surface area (Å²) in [6.07, 6.45) is 2.51. The number of anilines is 1. The molecular weight excluding hydrogens is 414 g/mol. The Bertz CT molecular complexity index is 869. The Morgan fingerprint density at radius 1 is 1.03 bits per heavy atom. The summed E-state index contributed by atoms with van der Waals surface area (Å²) in [7, 11) is -3.84. The van der Waals surface area contributed by atoms with Crippen molar-refractivity contribution in [2.75, 3.05) is 18.5 Å². The highest BCUT2D eigenvalue weighted by Crippen LogP contribution is 2.17. The van der Waals surface area contributed by atoms with Gasteiger partial charge < -0.3 is 20.1 Å². The zero-order chi connectivity index (χ0) is 22.8. The van der Waals surface area contributed by atoms with E-state index in [-0.39, 0.29) is 31.0 Å². The molecule has 0 aliphatic rings. The molecule has 1 aromatic rings. The second-order valence-corrected chi connectivity index (χ2v) is 8.01. The minimum Gasteiger partial charge on any atom is -0.462 e. The number of hydrogen-bond donors (Lipinski definition) is 3. The maximum atomic E-state index is 12.4. The number of carbonyl (C=O) groups is 3. The molecule has 0 radical (unpaired) electrons. The maximum absolute atomic E-state index is 12.4. The van der Waals surface area contributed by atoms with Crippen molar-refractivity contribution in [2.45, 2.75) is 30.2 Å². The molecule has 0 aromatic heterocycles. The monoisotopic (exact) mass is 439 g/mol. The summed E-state index contributed by atoms with van der Waals surface area (Å²) in [4.78, 5) is 34.8.